The Kier molecular flexibility index (Phi) is 7.30. The third-order valence-corrected chi connectivity index (χ3v) is 4.19. The highest BCUT2D eigenvalue weighted by molar-refractivity contribution is 6.40. The molecule has 26 heavy (non-hydrogen) atoms. The molecule has 1 radical (unpaired) electrons. The van der Waals surface area contributed by atoms with Gasteiger partial charge in [0, 0.05) is 33.4 Å². The van der Waals surface area contributed by atoms with Crippen molar-refractivity contribution in [2.45, 2.75) is 6.42 Å². The molecule has 137 valence electrons. The molecule has 0 N–H and O–H groups in total. The van der Waals surface area contributed by atoms with Gasteiger partial charge < -0.3 is 9.64 Å². The van der Waals surface area contributed by atoms with Gasteiger partial charge in [-0.3, -0.25) is 9.69 Å². The monoisotopic (exact) mass is 392 g/mol. The maximum atomic E-state index is 13.1. The molecule has 0 saturated carbocycles. The summed E-state index contributed by atoms with van der Waals surface area (Å²) >= 11 is 12.4. The Morgan fingerprint density at radius 2 is 1.85 bits per heavy atom. The summed E-state index contributed by atoms with van der Waals surface area (Å²) in [7, 11) is 3.58. The maximum Gasteiger partial charge on any atom is 0.262 e. The quantitative estimate of drug-likeness (QED) is 0.496. The molecule has 1 aromatic heterocycles. The Morgan fingerprint density at radius 1 is 1.15 bits per heavy atom. The number of hydrogen-bond acceptors (Lipinski definition) is 4. The summed E-state index contributed by atoms with van der Waals surface area (Å²) in [4.78, 5) is 20.5. The average Bonchev–Trinajstić information content (AvgIpc) is 2.61. The molecule has 7 heteroatoms. The van der Waals surface area contributed by atoms with Crippen LogP contribution >= 0.6 is 23.2 Å². The predicted molar refractivity (Wildman–Crippen MR) is 104 cm³/mol. The molecule has 5 nitrogen and oxygen atoms in total. The fraction of sp³-hybridized carbons (Fsp3) is 0.263. The van der Waals surface area contributed by atoms with Gasteiger partial charge in [0.25, 0.3) is 5.91 Å². The van der Waals surface area contributed by atoms with E-state index >= 15 is 0 Å². The Labute approximate surface area is 163 Å². The average molecular weight is 393 g/mol. The van der Waals surface area contributed by atoms with Gasteiger partial charge in [0.1, 0.15) is 5.82 Å². The third kappa shape index (κ3) is 5.13. The second kappa shape index (κ2) is 9.46. The van der Waals surface area contributed by atoms with Crippen LogP contribution in [0.5, 0.6) is 0 Å². The number of carbonyl (C=O) groups excluding carboxylic acids is 1. The van der Waals surface area contributed by atoms with E-state index in [1.165, 1.54) is 4.90 Å². The van der Waals surface area contributed by atoms with Gasteiger partial charge in [-0.2, -0.15) is 0 Å². The van der Waals surface area contributed by atoms with Crippen LogP contribution in [0.2, 0.25) is 10.0 Å². The van der Waals surface area contributed by atoms with Crippen molar-refractivity contribution in [1.29, 1.82) is 0 Å². The SMILES string of the molecule is [CH]=C(OCCCN(C(=O)c1c(Cl)cccc1Cl)c1ccccn1)N(C)C. The zero-order chi connectivity index (χ0) is 19.1. The lowest BCUT2D eigenvalue weighted by molar-refractivity contribution is 0.0980. The molecule has 1 heterocycles. The molecule has 0 fully saturated rings. The lowest BCUT2D eigenvalue weighted by Gasteiger charge is -2.23. The van der Waals surface area contributed by atoms with Crippen LogP contribution in [0.3, 0.4) is 0 Å². The molecule has 0 aliphatic heterocycles. The fourth-order valence-electron chi connectivity index (χ4n) is 2.20. The minimum atomic E-state index is -0.316. The molecular formula is C19H20Cl2N3O2. The van der Waals surface area contributed by atoms with Gasteiger partial charge in [-0.25, -0.2) is 4.98 Å². The summed E-state index contributed by atoms with van der Waals surface area (Å²) in [6, 6.07) is 10.3. The zero-order valence-corrected chi connectivity index (χ0v) is 16.2. The zero-order valence-electron chi connectivity index (χ0n) is 14.7. The van der Waals surface area contributed by atoms with Gasteiger partial charge in [-0.05, 0) is 30.7 Å². The minimum absolute atomic E-state index is 0.252. The van der Waals surface area contributed by atoms with E-state index in [0.29, 0.717) is 41.3 Å². The van der Waals surface area contributed by atoms with Crippen LogP contribution in [-0.2, 0) is 4.74 Å². The molecule has 1 amide bonds. The number of amides is 1. The Bertz CT molecular complexity index is 746. The molecule has 0 aliphatic carbocycles. The summed E-state index contributed by atoms with van der Waals surface area (Å²) in [5, 5.41) is 0.592. The number of anilines is 1. The fourth-order valence-corrected chi connectivity index (χ4v) is 2.76. The van der Waals surface area contributed by atoms with Crippen LogP contribution in [0.15, 0.2) is 48.5 Å². The Hall–Kier alpha value is -2.24. The van der Waals surface area contributed by atoms with Crippen LogP contribution in [0, 0.1) is 6.58 Å². The van der Waals surface area contributed by atoms with Gasteiger partial charge in [0.2, 0.25) is 0 Å². The molecule has 0 unspecified atom stereocenters. The molecule has 0 bridgehead atoms. The molecule has 0 spiro atoms. The number of ether oxygens (including phenoxy) is 1. The first-order valence-electron chi connectivity index (χ1n) is 8.01. The molecule has 0 aliphatic rings. The van der Waals surface area contributed by atoms with Crippen LogP contribution in [0.1, 0.15) is 16.8 Å². The molecule has 2 rings (SSSR count). The summed E-state index contributed by atoms with van der Waals surface area (Å²) < 4.78 is 5.43. The van der Waals surface area contributed by atoms with Gasteiger partial charge in [-0.1, -0.05) is 35.3 Å². The molecule has 0 saturated heterocycles. The third-order valence-electron chi connectivity index (χ3n) is 3.56. The van der Waals surface area contributed by atoms with Crippen molar-refractivity contribution >= 4 is 34.9 Å². The van der Waals surface area contributed by atoms with Crippen LogP contribution in [0.25, 0.3) is 0 Å². The summed E-state index contributed by atoms with van der Waals surface area (Å²) in [5.41, 5.74) is 0.252. The predicted octanol–water partition coefficient (Wildman–Crippen LogP) is 4.28. The van der Waals surface area contributed by atoms with Crippen LogP contribution < -0.4 is 4.90 Å². The standard InChI is InChI=1S/C19H20Cl2N3O2/c1-14(23(2)3)26-13-7-12-24(17-10-4-5-11-22-17)19(25)18-15(20)8-6-9-16(18)21/h1,4-6,8-11H,7,12-13H2,2-3H3. The number of carbonyl (C=O) groups is 1. The van der Waals surface area contributed by atoms with E-state index in [9.17, 15) is 4.79 Å². The largest absolute Gasteiger partial charge is 0.479 e. The van der Waals surface area contributed by atoms with Crippen molar-refractivity contribution in [3.05, 3.63) is 70.7 Å². The van der Waals surface area contributed by atoms with E-state index in [4.69, 9.17) is 34.5 Å². The molecular weight excluding hydrogens is 373 g/mol. The second-order valence-corrected chi connectivity index (χ2v) is 6.49. The first kappa shape index (κ1) is 20.1. The van der Waals surface area contributed by atoms with E-state index in [1.54, 1.807) is 55.5 Å². The van der Waals surface area contributed by atoms with Crippen molar-refractivity contribution < 1.29 is 9.53 Å². The van der Waals surface area contributed by atoms with E-state index in [0.717, 1.165) is 0 Å². The number of nitrogens with zero attached hydrogens (tertiary/aromatic N) is 3. The van der Waals surface area contributed by atoms with Crippen molar-refractivity contribution in [2.24, 2.45) is 0 Å². The number of pyridine rings is 1. The number of aromatic nitrogens is 1. The Morgan fingerprint density at radius 3 is 2.42 bits per heavy atom. The van der Waals surface area contributed by atoms with Gasteiger partial charge in [-0.15, -0.1) is 0 Å². The smallest absolute Gasteiger partial charge is 0.262 e. The lowest BCUT2D eigenvalue weighted by atomic mass is 10.2. The van der Waals surface area contributed by atoms with Crippen molar-refractivity contribution in [3.8, 4) is 0 Å². The van der Waals surface area contributed by atoms with Crippen molar-refractivity contribution in [2.75, 3.05) is 32.1 Å². The van der Waals surface area contributed by atoms with Crippen molar-refractivity contribution in [1.82, 2.24) is 9.88 Å². The van der Waals surface area contributed by atoms with Crippen LogP contribution in [-0.4, -0.2) is 43.0 Å². The highest BCUT2D eigenvalue weighted by Gasteiger charge is 2.23. The highest BCUT2D eigenvalue weighted by Crippen LogP contribution is 2.27. The van der Waals surface area contributed by atoms with Gasteiger partial charge in [0.05, 0.1) is 22.2 Å². The summed E-state index contributed by atoms with van der Waals surface area (Å²) in [6.07, 6.45) is 2.18. The van der Waals surface area contributed by atoms with Gasteiger partial charge in [0.15, 0.2) is 5.88 Å². The number of halogens is 2. The number of rotatable bonds is 8. The normalized spacial score (nSPS) is 10.3. The number of hydrogen-bond donors (Lipinski definition) is 0. The first-order chi connectivity index (χ1) is 12.4. The van der Waals surface area contributed by atoms with E-state index in [-0.39, 0.29) is 11.5 Å². The van der Waals surface area contributed by atoms with Gasteiger partial charge >= 0.3 is 0 Å². The van der Waals surface area contributed by atoms with E-state index < -0.39 is 0 Å². The molecule has 1 aromatic carbocycles. The van der Waals surface area contributed by atoms with E-state index in [2.05, 4.69) is 4.98 Å². The summed E-state index contributed by atoms with van der Waals surface area (Å²) in [5.74, 6) is 0.511. The summed E-state index contributed by atoms with van der Waals surface area (Å²) in [6.45, 7) is 6.46. The minimum Gasteiger partial charge on any atom is -0.479 e. The van der Waals surface area contributed by atoms with Crippen LogP contribution in [0.4, 0.5) is 5.82 Å². The lowest BCUT2D eigenvalue weighted by Crippen LogP contribution is -2.33. The molecule has 2 aromatic rings. The molecule has 0 atom stereocenters. The van der Waals surface area contributed by atoms with Crippen molar-refractivity contribution in [3.63, 3.8) is 0 Å². The Balaban J connectivity index is 2.17. The number of benzene rings is 1. The van der Waals surface area contributed by atoms with E-state index in [1.807, 2.05) is 6.07 Å². The topological polar surface area (TPSA) is 45.7 Å². The maximum absolute atomic E-state index is 13.1. The first-order valence-corrected chi connectivity index (χ1v) is 8.77. The highest BCUT2D eigenvalue weighted by atomic mass is 35.5. The second-order valence-electron chi connectivity index (χ2n) is 5.68.